The van der Waals surface area contributed by atoms with E-state index in [0.717, 1.165) is 5.56 Å². The molecule has 1 aliphatic rings. The van der Waals surface area contributed by atoms with Crippen molar-refractivity contribution in [3.63, 3.8) is 0 Å². The fourth-order valence-electron chi connectivity index (χ4n) is 2.11. The topological polar surface area (TPSA) is 91.2 Å². The van der Waals surface area contributed by atoms with Gasteiger partial charge in [0, 0.05) is 18.5 Å². The van der Waals surface area contributed by atoms with E-state index in [1.807, 2.05) is 0 Å². The number of carbonyl (C=O) groups excluding carboxylic acids is 2. The molecule has 1 aliphatic heterocycles. The van der Waals surface area contributed by atoms with Gasteiger partial charge in [-0.2, -0.15) is 5.26 Å². The van der Waals surface area contributed by atoms with Crippen molar-refractivity contribution in [2.45, 2.75) is 25.4 Å². The van der Waals surface area contributed by atoms with Gasteiger partial charge in [-0.15, -0.1) is 0 Å². The van der Waals surface area contributed by atoms with E-state index in [4.69, 9.17) is 10.00 Å². The molecule has 20 heavy (non-hydrogen) atoms. The zero-order valence-electron chi connectivity index (χ0n) is 11.1. The number of hydrogen-bond acceptors (Lipinski definition) is 5. The lowest BCUT2D eigenvalue weighted by atomic mass is 10.0. The number of rotatable bonds is 4. The Kier molecular flexibility index (Phi) is 4.33. The van der Waals surface area contributed by atoms with E-state index >= 15 is 0 Å². The van der Waals surface area contributed by atoms with Gasteiger partial charge in [-0.05, 0) is 24.6 Å². The molecule has 1 unspecified atom stereocenters. The number of nitrogens with one attached hydrogen (secondary N) is 2. The molecule has 1 atom stereocenters. The zero-order chi connectivity index (χ0) is 14.5. The van der Waals surface area contributed by atoms with Crippen molar-refractivity contribution in [1.82, 2.24) is 10.6 Å². The van der Waals surface area contributed by atoms with Gasteiger partial charge in [-0.3, -0.25) is 14.9 Å². The summed E-state index contributed by atoms with van der Waals surface area (Å²) in [5, 5.41) is 14.3. The average molecular weight is 273 g/mol. The van der Waals surface area contributed by atoms with E-state index in [0.29, 0.717) is 30.7 Å². The van der Waals surface area contributed by atoms with E-state index in [9.17, 15) is 9.59 Å². The molecule has 2 rings (SSSR count). The summed E-state index contributed by atoms with van der Waals surface area (Å²) in [5.74, 6) is 0.109. The summed E-state index contributed by atoms with van der Waals surface area (Å²) in [4.78, 5) is 22.7. The van der Waals surface area contributed by atoms with Crippen molar-refractivity contribution < 1.29 is 14.3 Å². The molecule has 1 fully saturated rings. The predicted molar refractivity (Wildman–Crippen MR) is 70.7 cm³/mol. The molecule has 1 aromatic carbocycles. The lowest BCUT2D eigenvalue weighted by molar-refractivity contribution is -0.134. The van der Waals surface area contributed by atoms with Crippen LogP contribution in [0.15, 0.2) is 18.2 Å². The maximum Gasteiger partial charge on any atom is 0.243 e. The van der Waals surface area contributed by atoms with Gasteiger partial charge in [0.1, 0.15) is 5.75 Å². The number of benzene rings is 1. The molecule has 0 aromatic heterocycles. The molecule has 1 heterocycles. The molecule has 2 N–H and O–H groups in total. The largest absolute Gasteiger partial charge is 0.496 e. The third-order valence-electron chi connectivity index (χ3n) is 3.19. The van der Waals surface area contributed by atoms with Crippen molar-refractivity contribution in [2.75, 3.05) is 7.11 Å². The Morgan fingerprint density at radius 1 is 1.50 bits per heavy atom. The molecule has 1 saturated heterocycles. The number of imide groups is 1. The first-order chi connectivity index (χ1) is 9.63. The Hall–Kier alpha value is -2.39. The minimum Gasteiger partial charge on any atom is -0.496 e. The third-order valence-corrected chi connectivity index (χ3v) is 3.19. The second kappa shape index (κ2) is 6.17. The van der Waals surface area contributed by atoms with Crippen molar-refractivity contribution in [3.05, 3.63) is 29.3 Å². The summed E-state index contributed by atoms with van der Waals surface area (Å²) in [6.45, 7) is 0.394. The fraction of sp³-hybridized carbons (Fsp3) is 0.357. The van der Waals surface area contributed by atoms with Crippen LogP contribution in [-0.4, -0.2) is 25.0 Å². The Balaban J connectivity index is 2.05. The molecule has 104 valence electrons. The van der Waals surface area contributed by atoms with Crippen LogP contribution in [0.4, 0.5) is 0 Å². The van der Waals surface area contributed by atoms with Crippen molar-refractivity contribution in [1.29, 1.82) is 5.26 Å². The van der Waals surface area contributed by atoms with E-state index in [-0.39, 0.29) is 11.8 Å². The molecule has 0 bridgehead atoms. The van der Waals surface area contributed by atoms with Gasteiger partial charge in [0.05, 0.1) is 24.8 Å². The Labute approximate surface area is 116 Å². The summed E-state index contributed by atoms with van der Waals surface area (Å²) in [6, 6.07) is 6.78. The van der Waals surface area contributed by atoms with Crippen LogP contribution in [0.1, 0.15) is 24.0 Å². The highest BCUT2D eigenvalue weighted by Crippen LogP contribution is 2.20. The summed E-state index contributed by atoms with van der Waals surface area (Å²) in [6.07, 6.45) is 0.809. The van der Waals surface area contributed by atoms with Crippen LogP contribution in [0, 0.1) is 11.3 Å². The number of amides is 2. The monoisotopic (exact) mass is 273 g/mol. The summed E-state index contributed by atoms with van der Waals surface area (Å²) in [7, 11) is 1.55. The van der Waals surface area contributed by atoms with Gasteiger partial charge in [0.25, 0.3) is 0 Å². The summed E-state index contributed by atoms with van der Waals surface area (Å²) < 4.78 is 5.22. The average Bonchev–Trinajstić information content (AvgIpc) is 2.46. The molecule has 0 aliphatic carbocycles. The molecule has 0 spiro atoms. The van der Waals surface area contributed by atoms with Gasteiger partial charge < -0.3 is 10.1 Å². The Morgan fingerprint density at radius 2 is 2.30 bits per heavy atom. The van der Waals surface area contributed by atoms with Gasteiger partial charge in [-0.25, -0.2) is 0 Å². The summed E-state index contributed by atoms with van der Waals surface area (Å²) >= 11 is 0. The van der Waals surface area contributed by atoms with Crippen molar-refractivity contribution in [3.8, 4) is 11.8 Å². The lowest BCUT2D eigenvalue weighted by Crippen LogP contribution is -2.50. The van der Waals surface area contributed by atoms with Gasteiger partial charge >= 0.3 is 0 Å². The number of piperidine rings is 1. The van der Waals surface area contributed by atoms with E-state index in [2.05, 4.69) is 16.7 Å². The van der Waals surface area contributed by atoms with Gasteiger partial charge in [0.2, 0.25) is 11.8 Å². The van der Waals surface area contributed by atoms with Crippen LogP contribution in [0.25, 0.3) is 0 Å². The maximum absolute atomic E-state index is 11.6. The first-order valence-electron chi connectivity index (χ1n) is 6.28. The highest BCUT2D eigenvalue weighted by Gasteiger charge is 2.26. The normalized spacial score (nSPS) is 18.3. The van der Waals surface area contributed by atoms with Crippen molar-refractivity contribution in [2.24, 2.45) is 0 Å². The van der Waals surface area contributed by atoms with Gasteiger partial charge in [0.15, 0.2) is 0 Å². The zero-order valence-corrected chi connectivity index (χ0v) is 11.1. The van der Waals surface area contributed by atoms with E-state index < -0.39 is 6.04 Å². The van der Waals surface area contributed by atoms with Crippen LogP contribution in [-0.2, 0) is 16.1 Å². The number of methoxy groups -OCH3 is 1. The second-order valence-electron chi connectivity index (χ2n) is 4.52. The third kappa shape index (κ3) is 3.13. The molecular weight excluding hydrogens is 258 g/mol. The first kappa shape index (κ1) is 14.0. The number of hydrogen-bond donors (Lipinski definition) is 2. The van der Waals surface area contributed by atoms with Crippen molar-refractivity contribution >= 4 is 11.8 Å². The summed E-state index contributed by atoms with van der Waals surface area (Å²) in [5.41, 5.74) is 1.34. The first-order valence-corrected chi connectivity index (χ1v) is 6.28. The lowest BCUT2D eigenvalue weighted by Gasteiger charge is -2.22. The number of carbonyl (C=O) groups is 2. The van der Waals surface area contributed by atoms with Crippen LogP contribution in [0.2, 0.25) is 0 Å². The molecule has 6 heteroatoms. The Bertz CT molecular complexity index is 578. The van der Waals surface area contributed by atoms with Crippen LogP contribution < -0.4 is 15.4 Å². The Morgan fingerprint density at radius 3 is 2.95 bits per heavy atom. The maximum atomic E-state index is 11.6. The minimum atomic E-state index is -0.400. The van der Waals surface area contributed by atoms with Crippen LogP contribution in [0.5, 0.6) is 5.75 Å². The SMILES string of the molecule is COc1ccc(C#N)cc1CNC1CCC(=O)NC1=O. The number of nitriles is 1. The number of ether oxygens (including phenoxy) is 1. The minimum absolute atomic E-state index is 0.239. The van der Waals surface area contributed by atoms with E-state index in [1.165, 1.54) is 0 Å². The van der Waals surface area contributed by atoms with Crippen LogP contribution >= 0.6 is 0 Å². The predicted octanol–water partition coefficient (Wildman–Crippen LogP) is 0.462. The van der Waals surface area contributed by atoms with Gasteiger partial charge in [-0.1, -0.05) is 0 Å². The van der Waals surface area contributed by atoms with E-state index in [1.54, 1.807) is 25.3 Å². The van der Waals surface area contributed by atoms with Crippen LogP contribution in [0.3, 0.4) is 0 Å². The second-order valence-corrected chi connectivity index (χ2v) is 4.52. The highest BCUT2D eigenvalue weighted by molar-refractivity contribution is 6.00. The molecular formula is C14H15N3O3. The highest BCUT2D eigenvalue weighted by atomic mass is 16.5. The quantitative estimate of drug-likeness (QED) is 0.778. The molecule has 1 aromatic rings. The molecule has 0 radical (unpaired) electrons. The smallest absolute Gasteiger partial charge is 0.243 e. The molecule has 6 nitrogen and oxygen atoms in total. The molecule has 0 saturated carbocycles. The molecule has 2 amide bonds. The standard InChI is InChI=1S/C14H15N3O3/c1-20-12-4-2-9(7-15)6-10(12)8-16-11-3-5-13(18)17-14(11)19/h2,4,6,11,16H,3,5,8H2,1H3,(H,17,18,19). The fourth-order valence-corrected chi connectivity index (χ4v) is 2.11. The number of nitrogens with zero attached hydrogens (tertiary/aromatic N) is 1.